The lowest BCUT2D eigenvalue weighted by atomic mass is 9.90. The third-order valence-corrected chi connectivity index (χ3v) is 5.82. The number of carbonyl (C=O) groups excluding carboxylic acids is 1. The molecule has 2 unspecified atom stereocenters. The van der Waals surface area contributed by atoms with Gasteiger partial charge in [-0.1, -0.05) is 56.0 Å². The second-order valence-corrected chi connectivity index (χ2v) is 7.84. The molecule has 1 saturated carbocycles. The van der Waals surface area contributed by atoms with Crippen LogP contribution in [0.15, 0.2) is 30.3 Å². The fourth-order valence-corrected chi connectivity index (χ4v) is 4.09. The van der Waals surface area contributed by atoms with Crippen LogP contribution in [0.4, 0.5) is 4.79 Å². The molecule has 5 nitrogen and oxygen atoms in total. The van der Waals surface area contributed by atoms with Crippen molar-refractivity contribution in [1.82, 2.24) is 10.2 Å². The summed E-state index contributed by atoms with van der Waals surface area (Å²) in [5.41, 5.74) is 0.299. The number of likely N-dealkylation sites (tertiary alicyclic amines) is 1. The summed E-state index contributed by atoms with van der Waals surface area (Å²) >= 11 is 0. The Hall–Kier alpha value is -2.04. The number of nitrogens with one attached hydrogen (secondary N) is 1. The number of carboxylic acid groups (broad SMARTS) is 1. The molecule has 0 spiro atoms. The van der Waals surface area contributed by atoms with Crippen LogP contribution in [-0.4, -0.2) is 35.1 Å². The molecule has 1 heterocycles. The maximum absolute atomic E-state index is 12.7. The number of rotatable bonds is 5. The molecule has 2 amide bonds. The van der Waals surface area contributed by atoms with Crippen LogP contribution in [0.3, 0.4) is 0 Å². The zero-order chi connectivity index (χ0) is 17.9. The first kappa shape index (κ1) is 17.8. The van der Waals surface area contributed by atoms with Gasteiger partial charge in [-0.05, 0) is 31.2 Å². The van der Waals surface area contributed by atoms with Crippen molar-refractivity contribution in [2.45, 2.75) is 51.5 Å². The average molecular weight is 344 g/mol. The fourth-order valence-electron chi connectivity index (χ4n) is 4.09. The molecule has 2 atom stereocenters. The van der Waals surface area contributed by atoms with E-state index in [1.807, 2.05) is 18.2 Å². The summed E-state index contributed by atoms with van der Waals surface area (Å²) in [6.07, 6.45) is 6.50. The maximum Gasteiger partial charge on any atom is 0.317 e. The normalized spacial score (nSPS) is 25.1. The molecule has 1 aromatic carbocycles. The predicted molar refractivity (Wildman–Crippen MR) is 96.2 cm³/mol. The molecule has 2 aliphatic rings. The second-order valence-electron chi connectivity index (χ2n) is 7.84. The standard InChI is InChI=1S/C20H28N2O3/c1-20(18(23)24)11-12-22(14-20)19(25)21-17(13-15-7-5-6-8-15)16-9-3-2-4-10-16/h2-4,9-10,15,17H,5-8,11-14H2,1H3,(H,21,25)(H,23,24). The van der Waals surface area contributed by atoms with Gasteiger partial charge in [0.2, 0.25) is 0 Å². The van der Waals surface area contributed by atoms with Gasteiger partial charge in [0.15, 0.2) is 0 Å². The number of aliphatic carboxylic acids is 1. The molecule has 0 aromatic heterocycles. The minimum Gasteiger partial charge on any atom is -0.481 e. The number of nitrogens with zero attached hydrogens (tertiary/aromatic N) is 1. The Bertz CT molecular complexity index is 613. The predicted octanol–water partition coefficient (Wildman–Crippen LogP) is 3.81. The van der Waals surface area contributed by atoms with Crippen LogP contribution in [0.2, 0.25) is 0 Å². The summed E-state index contributed by atoms with van der Waals surface area (Å²) in [5, 5.41) is 12.5. The molecule has 5 heteroatoms. The maximum atomic E-state index is 12.7. The second kappa shape index (κ2) is 7.46. The first-order chi connectivity index (χ1) is 12.0. The van der Waals surface area contributed by atoms with E-state index in [2.05, 4.69) is 17.4 Å². The molecule has 136 valence electrons. The van der Waals surface area contributed by atoms with Gasteiger partial charge in [0.05, 0.1) is 11.5 Å². The van der Waals surface area contributed by atoms with Crippen molar-refractivity contribution < 1.29 is 14.7 Å². The van der Waals surface area contributed by atoms with E-state index < -0.39 is 11.4 Å². The van der Waals surface area contributed by atoms with Crippen LogP contribution >= 0.6 is 0 Å². The Kier molecular flexibility index (Phi) is 5.30. The number of urea groups is 1. The highest BCUT2D eigenvalue weighted by Gasteiger charge is 2.42. The SMILES string of the molecule is CC1(C(=O)O)CCN(C(=O)NC(CC2CCCC2)c2ccccc2)C1. The lowest BCUT2D eigenvalue weighted by Gasteiger charge is -2.26. The number of amides is 2. The van der Waals surface area contributed by atoms with Gasteiger partial charge in [0.25, 0.3) is 0 Å². The van der Waals surface area contributed by atoms with Crippen molar-refractivity contribution >= 4 is 12.0 Å². The number of carboxylic acids is 1. The molecule has 2 fully saturated rings. The molecular weight excluding hydrogens is 316 g/mol. The Morgan fingerprint density at radius 2 is 1.96 bits per heavy atom. The molecule has 25 heavy (non-hydrogen) atoms. The minimum absolute atomic E-state index is 0.00603. The number of carbonyl (C=O) groups is 2. The third-order valence-electron chi connectivity index (χ3n) is 5.82. The number of hydrogen-bond acceptors (Lipinski definition) is 2. The zero-order valence-electron chi connectivity index (χ0n) is 14.9. The van der Waals surface area contributed by atoms with Crippen molar-refractivity contribution in [2.24, 2.45) is 11.3 Å². The van der Waals surface area contributed by atoms with Gasteiger partial charge in [-0.15, -0.1) is 0 Å². The molecule has 3 rings (SSSR count). The summed E-state index contributed by atoms with van der Waals surface area (Å²) in [5.74, 6) is -0.165. The molecule has 1 aliphatic heterocycles. The monoisotopic (exact) mass is 344 g/mol. The molecule has 1 aliphatic carbocycles. The van der Waals surface area contributed by atoms with Gasteiger partial charge in [0, 0.05) is 13.1 Å². The van der Waals surface area contributed by atoms with E-state index in [1.54, 1.807) is 11.8 Å². The van der Waals surface area contributed by atoms with Gasteiger partial charge in [-0.25, -0.2) is 4.79 Å². The van der Waals surface area contributed by atoms with Crippen LogP contribution in [0.5, 0.6) is 0 Å². The summed E-state index contributed by atoms with van der Waals surface area (Å²) in [7, 11) is 0. The summed E-state index contributed by atoms with van der Waals surface area (Å²) in [6.45, 7) is 2.49. The van der Waals surface area contributed by atoms with Crippen LogP contribution in [-0.2, 0) is 4.79 Å². The molecule has 1 aromatic rings. The Labute approximate surface area is 149 Å². The average Bonchev–Trinajstić information content (AvgIpc) is 3.25. The highest BCUT2D eigenvalue weighted by Crippen LogP contribution is 2.34. The van der Waals surface area contributed by atoms with E-state index in [-0.39, 0.29) is 18.6 Å². The number of hydrogen-bond donors (Lipinski definition) is 2. The van der Waals surface area contributed by atoms with E-state index in [9.17, 15) is 14.7 Å². The zero-order valence-corrected chi connectivity index (χ0v) is 14.9. The van der Waals surface area contributed by atoms with Crippen LogP contribution in [0.25, 0.3) is 0 Å². The lowest BCUT2D eigenvalue weighted by molar-refractivity contribution is -0.147. The first-order valence-corrected chi connectivity index (χ1v) is 9.32. The number of benzene rings is 1. The first-order valence-electron chi connectivity index (χ1n) is 9.32. The summed E-state index contributed by atoms with van der Waals surface area (Å²) in [4.78, 5) is 25.8. The Morgan fingerprint density at radius 3 is 2.56 bits per heavy atom. The van der Waals surface area contributed by atoms with E-state index in [0.29, 0.717) is 18.9 Å². The van der Waals surface area contributed by atoms with Gasteiger partial charge in [0.1, 0.15) is 0 Å². The van der Waals surface area contributed by atoms with Crippen LogP contribution in [0.1, 0.15) is 57.1 Å². The highest BCUT2D eigenvalue weighted by atomic mass is 16.4. The van der Waals surface area contributed by atoms with Gasteiger partial charge in [-0.3, -0.25) is 4.79 Å². The van der Waals surface area contributed by atoms with Crippen molar-refractivity contribution in [3.63, 3.8) is 0 Å². The van der Waals surface area contributed by atoms with E-state index in [4.69, 9.17) is 0 Å². The Morgan fingerprint density at radius 1 is 1.28 bits per heavy atom. The van der Waals surface area contributed by atoms with E-state index in [0.717, 1.165) is 12.0 Å². The van der Waals surface area contributed by atoms with E-state index in [1.165, 1.54) is 25.7 Å². The molecular formula is C20H28N2O3. The van der Waals surface area contributed by atoms with Crippen molar-refractivity contribution in [2.75, 3.05) is 13.1 Å². The van der Waals surface area contributed by atoms with Crippen LogP contribution in [0, 0.1) is 11.3 Å². The molecule has 1 saturated heterocycles. The summed E-state index contributed by atoms with van der Waals surface area (Å²) in [6, 6.07) is 9.96. The molecule has 2 N–H and O–H groups in total. The fraction of sp³-hybridized carbons (Fsp3) is 0.600. The van der Waals surface area contributed by atoms with Crippen molar-refractivity contribution in [3.8, 4) is 0 Å². The van der Waals surface area contributed by atoms with E-state index >= 15 is 0 Å². The van der Waals surface area contributed by atoms with Gasteiger partial charge in [-0.2, -0.15) is 0 Å². The van der Waals surface area contributed by atoms with Crippen molar-refractivity contribution in [3.05, 3.63) is 35.9 Å². The quantitative estimate of drug-likeness (QED) is 0.853. The van der Waals surface area contributed by atoms with Crippen LogP contribution < -0.4 is 5.32 Å². The van der Waals surface area contributed by atoms with Crippen molar-refractivity contribution in [1.29, 1.82) is 0 Å². The topological polar surface area (TPSA) is 69.6 Å². The summed E-state index contributed by atoms with van der Waals surface area (Å²) < 4.78 is 0. The smallest absolute Gasteiger partial charge is 0.317 e. The molecule has 0 bridgehead atoms. The van der Waals surface area contributed by atoms with Gasteiger partial charge >= 0.3 is 12.0 Å². The Balaban J connectivity index is 1.67. The highest BCUT2D eigenvalue weighted by molar-refractivity contribution is 5.79. The minimum atomic E-state index is -0.828. The largest absolute Gasteiger partial charge is 0.481 e. The molecule has 0 radical (unpaired) electrons. The van der Waals surface area contributed by atoms with Gasteiger partial charge < -0.3 is 15.3 Å². The lowest BCUT2D eigenvalue weighted by Crippen LogP contribution is -2.42. The third kappa shape index (κ3) is 4.14.